The SMILES string of the molecule is Cn1nc2ccc(N)cc2c1-c1ccccc1. The first-order chi connectivity index (χ1) is 8.25. The summed E-state index contributed by atoms with van der Waals surface area (Å²) in [5.41, 5.74) is 9.84. The van der Waals surface area contributed by atoms with Gasteiger partial charge in [-0.2, -0.15) is 5.10 Å². The van der Waals surface area contributed by atoms with Crippen LogP contribution in [0.2, 0.25) is 0 Å². The number of benzene rings is 2. The van der Waals surface area contributed by atoms with E-state index in [1.54, 1.807) is 0 Å². The molecule has 84 valence electrons. The Kier molecular flexibility index (Phi) is 2.11. The third-order valence-electron chi connectivity index (χ3n) is 2.90. The third kappa shape index (κ3) is 1.56. The van der Waals surface area contributed by atoms with Crippen molar-refractivity contribution in [3.8, 4) is 11.3 Å². The summed E-state index contributed by atoms with van der Waals surface area (Å²) < 4.78 is 1.90. The summed E-state index contributed by atoms with van der Waals surface area (Å²) in [6, 6.07) is 16.0. The topological polar surface area (TPSA) is 43.8 Å². The Balaban J connectivity index is 2.35. The minimum absolute atomic E-state index is 0.766. The summed E-state index contributed by atoms with van der Waals surface area (Å²) in [4.78, 5) is 0. The maximum Gasteiger partial charge on any atom is 0.0931 e. The summed E-state index contributed by atoms with van der Waals surface area (Å²) in [6.45, 7) is 0. The molecule has 0 saturated heterocycles. The fourth-order valence-corrected chi connectivity index (χ4v) is 2.15. The highest BCUT2D eigenvalue weighted by Gasteiger charge is 2.10. The predicted molar refractivity (Wildman–Crippen MR) is 70.6 cm³/mol. The molecule has 0 radical (unpaired) electrons. The molecule has 0 aliphatic rings. The lowest BCUT2D eigenvalue weighted by molar-refractivity contribution is 0.788. The number of nitrogens with two attached hydrogens (primary N) is 1. The molecule has 3 nitrogen and oxygen atoms in total. The van der Waals surface area contributed by atoms with Gasteiger partial charge < -0.3 is 5.73 Å². The van der Waals surface area contributed by atoms with Crippen LogP contribution in [-0.4, -0.2) is 9.78 Å². The van der Waals surface area contributed by atoms with Crippen molar-refractivity contribution in [1.29, 1.82) is 0 Å². The fraction of sp³-hybridized carbons (Fsp3) is 0.0714. The van der Waals surface area contributed by atoms with Gasteiger partial charge in [-0.05, 0) is 18.2 Å². The Morgan fingerprint density at radius 1 is 1.06 bits per heavy atom. The van der Waals surface area contributed by atoms with Gasteiger partial charge in [0.05, 0.1) is 11.2 Å². The molecule has 0 amide bonds. The molecule has 1 heterocycles. The average Bonchev–Trinajstić information content (AvgIpc) is 2.65. The quantitative estimate of drug-likeness (QED) is 0.645. The molecular weight excluding hydrogens is 210 g/mol. The molecule has 1 aromatic heterocycles. The fourth-order valence-electron chi connectivity index (χ4n) is 2.15. The van der Waals surface area contributed by atoms with Gasteiger partial charge >= 0.3 is 0 Å². The van der Waals surface area contributed by atoms with Gasteiger partial charge in [0.2, 0.25) is 0 Å². The maximum atomic E-state index is 5.84. The maximum absolute atomic E-state index is 5.84. The molecule has 3 rings (SSSR count). The molecule has 0 fully saturated rings. The molecule has 2 aromatic carbocycles. The van der Waals surface area contributed by atoms with E-state index in [-0.39, 0.29) is 0 Å². The zero-order valence-corrected chi connectivity index (χ0v) is 9.59. The van der Waals surface area contributed by atoms with Crippen LogP contribution >= 0.6 is 0 Å². The lowest BCUT2D eigenvalue weighted by Gasteiger charge is -2.02. The first-order valence-corrected chi connectivity index (χ1v) is 5.53. The highest BCUT2D eigenvalue weighted by atomic mass is 15.3. The van der Waals surface area contributed by atoms with E-state index in [0.29, 0.717) is 0 Å². The Morgan fingerprint density at radius 2 is 1.82 bits per heavy atom. The number of aromatic nitrogens is 2. The second-order valence-corrected chi connectivity index (χ2v) is 4.11. The van der Waals surface area contributed by atoms with Crippen LogP contribution in [0.3, 0.4) is 0 Å². The first-order valence-electron chi connectivity index (χ1n) is 5.53. The van der Waals surface area contributed by atoms with Crippen molar-refractivity contribution in [2.75, 3.05) is 5.73 Å². The molecule has 0 aliphatic heterocycles. The van der Waals surface area contributed by atoms with Crippen LogP contribution in [-0.2, 0) is 7.05 Å². The van der Waals surface area contributed by atoms with E-state index in [0.717, 1.165) is 27.8 Å². The van der Waals surface area contributed by atoms with E-state index in [4.69, 9.17) is 5.73 Å². The zero-order chi connectivity index (χ0) is 11.8. The van der Waals surface area contributed by atoms with Gasteiger partial charge in [0.1, 0.15) is 0 Å². The molecule has 3 heteroatoms. The smallest absolute Gasteiger partial charge is 0.0931 e. The normalized spacial score (nSPS) is 10.9. The van der Waals surface area contributed by atoms with Crippen molar-refractivity contribution < 1.29 is 0 Å². The summed E-state index contributed by atoms with van der Waals surface area (Å²) in [5, 5.41) is 5.59. The van der Waals surface area contributed by atoms with Crippen molar-refractivity contribution in [1.82, 2.24) is 9.78 Å². The number of anilines is 1. The molecule has 0 atom stereocenters. The van der Waals surface area contributed by atoms with Crippen molar-refractivity contribution in [2.24, 2.45) is 7.05 Å². The van der Waals surface area contributed by atoms with Gasteiger partial charge in [-0.15, -0.1) is 0 Å². The van der Waals surface area contributed by atoms with E-state index in [2.05, 4.69) is 17.2 Å². The van der Waals surface area contributed by atoms with Gasteiger partial charge in [-0.25, -0.2) is 0 Å². The lowest BCUT2D eigenvalue weighted by atomic mass is 10.1. The monoisotopic (exact) mass is 223 g/mol. The summed E-state index contributed by atoms with van der Waals surface area (Å²) in [6.07, 6.45) is 0. The Bertz CT molecular complexity index is 669. The van der Waals surface area contributed by atoms with Crippen molar-refractivity contribution in [3.05, 3.63) is 48.5 Å². The molecule has 0 spiro atoms. The van der Waals surface area contributed by atoms with Crippen LogP contribution in [0.1, 0.15) is 0 Å². The van der Waals surface area contributed by atoms with Gasteiger partial charge in [-0.1, -0.05) is 30.3 Å². The van der Waals surface area contributed by atoms with E-state index >= 15 is 0 Å². The van der Waals surface area contributed by atoms with Crippen LogP contribution in [0.5, 0.6) is 0 Å². The van der Waals surface area contributed by atoms with Crippen molar-refractivity contribution in [2.45, 2.75) is 0 Å². The third-order valence-corrected chi connectivity index (χ3v) is 2.90. The highest BCUT2D eigenvalue weighted by Crippen LogP contribution is 2.29. The zero-order valence-electron chi connectivity index (χ0n) is 9.59. The molecule has 0 aliphatic carbocycles. The summed E-state index contributed by atoms with van der Waals surface area (Å²) >= 11 is 0. The molecule has 2 N–H and O–H groups in total. The van der Waals surface area contributed by atoms with Crippen molar-refractivity contribution in [3.63, 3.8) is 0 Å². The van der Waals surface area contributed by atoms with Crippen LogP contribution in [0.25, 0.3) is 22.2 Å². The Hall–Kier alpha value is -2.29. The molecular formula is C14H13N3. The average molecular weight is 223 g/mol. The second-order valence-electron chi connectivity index (χ2n) is 4.11. The molecule has 3 aromatic rings. The van der Waals surface area contributed by atoms with Crippen LogP contribution in [0.15, 0.2) is 48.5 Å². The van der Waals surface area contributed by atoms with Crippen molar-refractivity contribution >= 4 is 16.6 Å². The predicted octanol–water partition coefficient (Wildman–Crippen LogP) is 2.82. The largest absolute Gasteiger partial charge is 0.399 e. The minimum atomic E-state index is 0.766. The van der Waals surface area contributed by atoms with E-state index < -0.39 is 0 Å². The van der Waals surface area contributed by atoms with Gasteiger partial charge in [0.25, 0.3) is 0 Å². The summed E-state index contributed by atoms with van der Waals surface area (Å²) in [5.74, 6) is 0. The van der Waals surface area contributed by atoms with E-state index in [9.17, 15) is 0 Å². The minimum Gasteiger partial charge on any atom is -0.399 e. The Morgan fingerprint density at radius 3 is 2.59 bits per heavy atom. The number of rotatable bonds is 1. The molecule has 17 heavy (non-hydrogen) atoms. The standard InChI is InChI=1S/C14H13N3/c1-17-14(10-5-3-2-4-6-10)12-9-11(15)7-8-13(12)16-17/h2-9H,15H2,1H3. The first kappa shape index (κ1) is 9.90. The second kappa shape index (κ2) is 3.63. The lowest BCUT2D eigenvalue weighted by Crippen LogP contribution is -1.93. The number of nitrogens with zero attached hydrogens (tertiary/aromatic N) is 2. The molecule has 0 unspecified atom stereocenters. The van der Waals surface area contributed by atoms with Gasteiger partial charge in [-0.3, -0.25) is 4.68 Å². The van der Waals surface area contributed by atoms with Crippen LogP contribution in [0, 0.1) is 0 Å². The van der Waals surface area contributed by atoms with E-state index in [1.807, 2.05) is 48.1 Å². The number of hydrogen-bond donors (Lipinski definition) is 1. The molecule has 0 bridgehead atoms. The van der Waals surface area contributed by atoms with E-state index in [1.165, 1.54) is 0 Å². The summed E-state index contributed by atoms with van der Waals surface area (Å²) in [7, 11) is 1.96. The van der Waals surface area contributed by atoms with Gasteiger partial charge in [0.15, 0.2) is 0 Å². The molecule has 0 saturated carbocycles. The highest BCUT2D eigenvalue weighted by molar-refractivity contribution is 5.95. The van der Waals surface area contributed by atoms with Gasteiger partial charge in [0, 0.05) is 23.7 Å². The Labute approximate surface area is 99.5 Å². The number of aryl methyl sites for hydroxylation is 1. The number of hydrogen-bond acceptors (Lipinski definition) is 2. The van der Waals surface area contributed by atoms with Crippen LogP contribution < -0.4 is 5.73 Å². The van der Waals surface area contributed by atoms with Crippen LogP contribution in [0.4, 0.5) is 5.69 Å². The number of fused-ring (bicyclic) bond motifs is 1. The number of nitrogen functional groups attached to an aromatic ring is 1.